The number of likely N-dealkylation sites (N-methyl/N-ethyl adjacent to an activating group) is 1. The molecule has 2 heterocycles. The van der Waals surface area contributed by atoms with Crippen molar-refractivity contribution < 1.29 is 24.2 Å². The highest BCUT2D eigenvalue weighted by atomic mass is 16.3. The minimum atomic E-state index is -0.834. The van der Waals surface area contributed by atoms with Gasteiger partial charge in [-0.3, -0.25) is 19.4 Å². The van der Waals surface area contributed by atoms with Crippen molar-refractivity contribution in [3.63, 3.8) is 0 Å². The van der Waals surface area contributed by atoms with Crippen LogP contribution in [0.4, 0.5) is 0 Å². The average molecular weight is 611 g/mol. The third kappa shape index (κ3) is 7.28. The van der Waals surface area contributed by atoms with Crippen LogP contribution in [0.15, 0.2) is 89.3 Å². The first-order valence-electron chi connectivity index (χ1n) is 15.8. The van der Waals surface area contributed by atoms with E-state index < -0.39 is 30.2 Å². The standard InChI is InChI=1S/C36H42N4O5/c1-37-36(44)31-23-39(22-29-19-26-12-6-8-14-33(26)45-29)15-16-40(31)21-28(41)18-27(17-24-9-3-2-4-10-24)35(43)38-34-30-13-7-5-11-25(30)20-32(34)42/h2-14,19,27-28,31-32,34,41-42H,15-18,20-23H2,1H3,(H,37,44)(H,38,43)/t27-,28?,31?,32?,34?/m1/s1. The normalized spacial score (nSPS) is 21.7. The molecule has 0 spiro atoms. The lowest BCUT2D eigenvalue weighted by Gasteiger charge is -2.41. The number of nitrogens with one attached hydrogen (secondary N) is 2. The van der Waals surface area contributed by atoms with E-state index in [2.05, 4.69) is 15.5 Å². The van der Waals surface area contributed by atoms with Gasteiger partial charge in [-0.15, -0.1) is 0 Å². The summed E-state index contributed by atoms with van der Waals surface area (Å²) in [4.78, 5) is 31.0. The summed E-state index contributed by atoms with van der Waals surface area (Å²) in [5.74, 6) is 0.0291. The van der Waals surface area contributed by atoms with E-state index in [0.29, 0.717) is 39.0 Å². The van der Waals surface area contributed by atoms with Gasteiger partial charge in [-0.1, -0.05) is 72.8 Å². The van der Waals surface area contributed by atoms with Crippen molar-refractivity contribution in [2.75, 3.05) is 33.2 Å². The Balaban J connectivity index is 1.12. The number of rotatable bonds is 11. The van der Waals surface area contributed by atoms with Crippen LogP contribution in [0.3, 0.4) is 0 Å². The molecule has 0 radical (unpaired) electrons. The predicted molar refractivity (Wildman–Crippen MR) is 172 cm³/mol. The molecule has 3 aromatic carbocycles. The molecule has 6 rings (SSSR count). The van der Waals surface area contributed by atoms with Crippen LogP contribution in [0.2, 0.25) is 0 Å². The monoisotopic (exact) mass is 610 g/mol. The highest BCUT2D eigenvalue weighted by Gasteiger charge is 2.36. The lowest BCUT2D eigenvalue weighted by atomic mass is 9.91. The lowest BCUT2D eigenvalue weighted by molar-refractivity contribution is -0.131. The number of fused-ring (bicyclic) bond motifs is 2. The summed E-state index contributed by atoms with van der Waals surface area (Å²) in [6.07, 6.45) is -0.350. The number of hydrogen-bond donors (Lipinski definition) is 4. The van der Waals surface area contributed by atoms with Gasteiger partial charge in [0.1, 0.15) is 17.4 Å². The van der Waals surface area contributed by atoms with Gasteiger partial charge >= 0.3 is 0 Å². The Morgan fingerprint density at radius 2 is 1.76 bits per heavy atom. The van der Waals surface area contributed by atoms with Crippen LogP contribution in [-0.2, 0) is 29.0 Å². The van der Waals surface area contributed by atoms with Gasteiger partial charge in [0.2, 0.25) is 11.8 Å². The minimum absolute atomic E-state index is 0.107. The average Bonchev–Trinajstić information content (AvgIpc) is 3.60. The molecular formula is C36H42N4O5. The quantitative estimate of drug-likeness (QED) is 0.206. The molecule has 2 amide bonds. The Kier molecular flexibility index (Phi) is 9.61. The highest BCUT2D eigenvalue weighted by Crippen LogP contribution is 2.32. The number of carbonyl (C=O) groups is 2. The Morgan fingerprint density at radius 3 is 2.56 bits per heavy atom. The lowest BCUT2D eigenvalue weighted by Crippen LogP contribution is -2.59. The topological polar surface area (TPSA) is 118 Å². The van der Waals surface area contributed by atoms with Gasteiger partial charge in [-0.05, 0) is 41.7 Å². The molecule has 2 aliphatic rings. The van der Waals surface area contributed by atoms with Gasteiger partial charge < -0.3 is 25.3 Å². The summed E-state index contributed by atoms with van der Waals surface area (Å²) in [5.41, 5.74) is 3.82. The molecule has 0 saturated carbocycles. The van der Waals surface area contributed by atoms with Gasteiger partial charge in [0, 0.05) is 51.0 Å². The summed E-state index contributed by atoms with van der Waals surface area (Å²) in [7, 11) is 1.63. The molecule has 4 N–H and O–H groups in total. The second-order valence-corrected chi connectivity index (χ2v) is 12.3. The first-order chi connectivity index (χ1) is 21.9. The molecule has 236 valence electrons. The maximum Gasteiger partial charge on any atom is 0.238 e. The van der Waals surface area contributed by atoms with Gasteiger partial charge in [0.15, 0.2) is 0 Å². The molecule has 9 nitrogen and oxygen atoms in total. The first kappa shape index (κ1) is 31.0. The summed E-state index contributed by atoms with van der Waals surface area (Å²) < 4.78 is 6.02. The van der Waals surface area contributed by atoms with Crippen LogP contribution in [0.25, 0.3) is 11.0 Å². The van der Waals surface area contributed by atoms with Crippen LogP contribution in [-0.4, -0.2) is 83.3 Å². The van der Waals surface area contributed by atoms with Crippen LogP contribution >= 0.6 is 0 Å². The van der Waals surface area contributed by atoms with E-state index in [1.54, 1.807) is 7.05 Å². The van der Waals surface area contributed by atoms with Crippen molar-refractivity contribution in [1.29, 1.82) is 0 Å². The Hall–Kier alpha value is -4.02. The zero-order valence-electron chi connectivity index (χ0n) is 25.6. The predicted octanol–water partition coefficient (Wildman–Crippen LogP) is 3.05. The van der Waals surface area contributed by atoms with Crippen LogP contribution in [0, 0.1) is 5.92 Å². The van der Waals surface area contributed by atoms with Crippen LogP contribution in [0.1, 0.15) is 34.9 Å². The second-order valence-electron chi connectivity index (χ2n) is 12.3. The SMILES string of the molecule is CNC(=O)C1CN(Cc2cc3ccccc3o2)CCN1CC(O)C[C@@H](Cc1ccccc1)C(=O)NC1c2ccccc2CC1O. The number of β-amino-alcohol motifs (C(OH)–C–C–N with tert-alkyl or cyclic N) is 1. The number of benzene rings is 3. The Morgan fingerprint density at radius 1 is 1.00 bits per heavy atom. The van der Waals surface area contributed by atoms with Gasteiger partial charge in [0.05, 0.1) is 24.8 Å². The number of furan rings is 1. The molecule has 0 bridgehead atoms. The smallest absolute Gasteiger partial charge is 0.238 e. The summed E-state index contributed by atoms with van der Waals surface area (Å²) >= 11 is 0. The third-order valence-corrected chi connectivity index (χ3v) is 9.18. The zero-order valence-corrected chi connectivity index (χ0v) is 25.6. The number of carbonyl (C=O) groups excluding carboxylic acids is 2. The Labute approximate surface area is 263 Å². The summed E-state index contributed by atoms with van der Waals surface area (Å²) in [6.45, 7) is 2.66. The summed E-state index contributed by atoms with van der Waals surface area (Å²) in [5, 5.41) is 29.1. The molecule has 1 aliphatic carbocycles. The first-order valence-corrected chi connectivity index (χ1v) is 15.8. The molecule has 1 saturated heterocycles. The minimum Gasteiger partial charge on any atom is -0.460 e. The van der Waals surface area contributed by atoms with Gasteiger partial charge in [-0.25, -0.2) is 0 Å². The second kappa shape index (κ2) is 14.0. The fourth-order valence-electron chi connectivity index (χ4n) is 6.86. The van der Waals surface area contributed by atoms with Crippen LogP contribution < -0.4 is 10.6 Å². The molecule has 4 aromatic rings. The van der Waals surface area contributed by atoms with E-state index >= 15 is 0 Å². The fourth-order valence-corrected chi connectivity index (χ4v) is 6.86. The molecule has 1 aliphatic heterocycles. The maximum atomic E-state index is 13.8. The molecule has 9 heteroatoms. The van der Waals surface area contributed by atoms with E-state index in [1.807, 2.05) is 89.8 Å². The maximum absolute atomic E-state index is 13.8. The molecule has 1 fully saturated rings. The van der Waals surface area contributed by atoms with Crippen molar-refractivity contribution in [2.45, 2.75) is 50.1 Å². The van der Waals surface area contributed by atoms with Crippen molar-refractivity contribution in [1.82, 2.24) is 20.4 Å². The number of para-hydroxylation sites is 1. The van der Waals surface area contributed by atoms with E-state index in [4.69, 9.17) is 4.42 Å². The number of amides is 2. The number of hydrogen-bond acceptors (Lipinski definition) is 7. The van der Waals surface area contributed by atoms with Crippen LogP contribution in [0.5, 0.6) is 0 Å². The van der Waals surface area contributed by atoms with Gasteiger partial charge in [-0.2, -0.15) is 0 Å². The molecular weight excluding hydrogens is 568 g/mol. The molecule has 1 aromatic heterocycles. The van der Waals surface area contributed by atoms with Gasteiger partial charge in [0.25, 0.3) is 0 Å². The third-order valence-electron chi connectivity index (χ3n) is 9.18. The number of piperazine rings is 1. The Bertz CT molecular complexity index is 1570. The van der Waals surface area contributed by atoms with E-state index in [1.165, 1.54) is 0 Å². The van der Waals surface area contributed by atoms with Crippen molar-refractivity contribution in [3.05, 3.63) is 107 Å². The summed E-state index contributed by atoms with van der Waals surface area (Å²) in [6, 6.07) is 26.6. The van der Waals surface area contributed by atoms with Crippen molar-refractivity contribution >= 4 is 22.8 Å². The number of nitrogens with zero attached hydrogens (tertiary/aromatic N) is 2. The molecule has 4 unspecified atom stereocenters. The van der Waals surface area contributed by atoms with Crippen molar-refractivity contribution in [3.8, 4) is 0 Å². The fraction of sp³-hybridized carbons (Fsp3) is 0.389. The number of aliphatic hydroxyl groups is 2. The molecule has 5 atom stereocenters. The van der Waals surface area contributed by atoms with E-state index in [0.717, 1.165) is 33.4 Å². The highest BCUT2D eigenvalue weighted by molar-refractivity contribution is 5.82. The van der Waals surface area contributed by atoms with Crippen molar-refractivity contribution in [2.24, 2.45) is 5.92 Å². The molecule has 45 heavy (non-hydrogen) atoms. The largest absolute Gasteiger partial charge is 0.460 e. The van der Waals surface area contributed by atoms with E-state index in [9.17, 15) is 19.8 Å². The zero-order chi connectivity index (χ0) is 31.3. The number of aliphatic hydroxyl groups excluding tert-OH is 2. The van der Waals surface area contributed by atoms with E-state index in [-0.39, 0.29) is 24.8 Å².